The standard InChI is InChI=1S/C27H33Cl2N5O2S2/c1-30-14-25(35)32-21-5-3-2-4-19(13-21)24-16-37-27(33-24)38-17-26(36)31-20-8-10-34(11-9-20)15-18-6-7-22(28)23(29)12-18/h4,6-7,12-13,16,20,30H,2-3,5,8-11,14-15,17H2,1H3,(H,31,36)(H,32,35). The first kappa shape index (κ1) is 29.1. The highest BCUT2D eigenvalue weighted by Crippen LogP contribution is 2.29. The van der Waals surface area contributed by atoms with E-state index < -0.39 is 0 Å². The van der Waals surface area contributed by atoms with Gasteiger partial charge < -0.3 is 16.0 Å². The minimum atomic E-state index is -0.0438. The monoisotopic (exact) mass is 593 g/mol. The zero-order valence-electron chi connectivity index (χ0n) is 21.4. The second-order valence-corrected chi connectivity index (χ2v) is 12.3. The zero-order chi connectivity index (χ0) is 26.9. The van der Waals surface area contributed by atoms with Crippen molar-refractivity contribution in [1.29, 1.82) is 0 Å². The number of benzene rings is 1. The summed E-state index contributed by atoms with van der Waals surface area (Å²) < 4.78 is 0.867. The number of nitrogens with zero attached hydrogens (tertiary/aromatic N) is 2. The molecule has 0 radical (unpaired) electrons. The average molecular weight is 595 g/mol. The number of nitrogens with one attached hydrogen (secondary N) is 3. The molecule has 2 amide bonds. The first-order chi connectivity index (χ1) is 18.4. The molecule has 204 valence electrons. The van der Waals surface area contributed by atoms with Crippen molar-refractivity contribution in [3.63, 3.8) is 0 Å². The Kier molecular flexibility index (Phi) is 11.1. The Morgan fingerprint density at radius 2 is 2.00 bits per heavy atom. The van der Waals surface area contributed by atoms with E-state index in [4.69, 9.17) is 28.2 Å². The number of hydrogen-bond donors (Lipinski definition) is 3. The van der Waals surface area contributed by atoms with E-state index in [2.05, 4.69) is 26.9 Å². The summed E-state index contributed by atoms with van der Waals surface area (Å²) in [6.07, 6.45) is 8.78. The van der Waals surface area contributed by atoms with E-state index in [0.717, 1.165) is 78.6 Å². The van der Waals surface area contributed by atoms with Crippen LogP contribution in [0.15, 0.2) is 45.8 Å². The molecular formula is C27H33Cl2N5O2S2. The van der Waals surface area contributed by atoms with Gasteiger partial charge in [-0.1, -0.05) is 47.1 Å². The molecule has 0 unspecified atom stereocenters. The maximum absolute atomic E-state index is 12.6. The lowest BCUT2D eigenvalue weighted by Crippen LogP contribution is -2.44. The number of halogens is 2. The van der Waals surface area contributed by atoms with Crippen molar-refractivity contribution in [2.45, 2.75) is 49.0 Å². The average Bonchev–Trinajstić information content (AvgIpc) is 3.25. The summed E-state index contributed by atoms with van der Waals surface area (Å²) in [4.78, 5) is 31.7. The Bertz CT molecular complexity index is 1190. The summed E-state index contributed by atoms with van der Waals surface area (Å²) in [5.74, 6) is 0.340. The van der Waals surface area contributed by atoms with Crippen molar-refractivity contribution in [3.05, 3.63) is 62.7 Å². The largest absolute Gasteiger partial charge is 0.353 e. The van der Waals surface area contributed by atoms with Crippen LogP contribution in [0.2, 0.25) is 10.0 Å². The maximum atomic E-state index is 12.6. The van der Waals surface area contributed by atoms with E-state index in [-0.39, 0.29) is 24.4 Å². The molecule has 0 bridgehead atoms. The van der Waals surface area contributed by atoms with Crippen LogP contribution >= 0.6 is 46.3 Å². The summed E-state index contributed by atoms with van der Waals surface area (Å²) in [6, 6.07) is 5.96. The number of rotatable bonds is 10. The molecule has 1 aliphatic heterocycles. The number of thiazole rings is 1. The molecule has 2 heterocycles. The highest BCUT2D eigenvalue weighted by Gasteiger charge is 2.21. The van der Waals surface area contributed by atoms with Crippen molar-refractivity contribution >= 4 is 63.7 Å². The second kappa shape index (κ2) is 14.5. The van der Waals surface area contributed by atoms with Gasteiger partial charge in [0.2, 0.25) is 11.8 Å². The van der Waals surface area contributed by atoms with Crippen molar-refractivity contribution in [2.75, 3.05) is 32.4 Å². The van der Waals surface area contributed by atoms with Gasteiger partial charge in [-0.15, -0.1) is 11.3 Å². The molecule has 0 saturated carbocycles. The van der Waals surface area contributed by atoms with Crippen LogP contribution in [0.3, 0.4) is 0 Å². The molecule has 0 atom stereocenters. The minimum Gasteiger partial charge on any atom is -0.353 e. The van der Waals surface area contributed by atoms with E-state index in [1.165, 1.54) is 11.8 Å². The summed E-state index contributed by atoms with van der Waals surface area (Å²) in [5.41, 5.74) is 3.96. The molecule has 38 heavy (non-hydrogen) atoms. The van der Waals surface area contributed by atoms with Crippen molar-refractivity contribution in [2.24, 2.45) is 0 Å². The van der Waals surface area contributed by atoms with E-state index in [0.29, 0.717) is 15.8 Å². The van der Waals surface area contributed by atoms with Gasteiger partial charge >= 0.3 is 0 Å². The number of likely N-dealkylation sites (tertiary alicyclic amines) is 1. The normalized spacial score (nSPS) is 16.9. The van der Waals surface area contributed by atoms with Crippen molar-refractivity contribution in [3.8, 4) is 0 Å². The molecule has 4 rings (SSSR count). The lowest BCUT2D eigenvalue weighted by Gasteiger charge is -2.32. The van der Waals surface area contributed by atoms with Gasteiger partial charge in [0.1, 0.15) is 0 Å². The number of amides is 2. The summed E-state index contributed by atoms with van der Waals surface area (Å²) in [6.45, 7) is 2.96. The lowest BCUT2D eigenvalue weighted by molar-refractivity contribution is -0.120. The molecule has 2 aromatic rings. The number of allylic oxidation sites excluding steroid dienone is 4. The molecular weight excluding hydrogens is 561 g/mol. The first-order valence-corrected chi connectivity index (χ1v) is 15.4. The molecule has 2 aliphatic rings. The lowest BCUT2D eigenvalue weighted by atomic mass is 10.0. The first-order valence-electron chi connectivity index (χ1n) is 12.8. The molecule has 7 nitrogen and oxygen atoms in total. The number of likely N-dealkylation sites (N-methyl/N-ethyl adjacent to an activating group) is 1. The Morgan fingerprint density at radius 1 is 1.18 bits per heavy atom. The van der Waals surface area contributed by atoms with Gasteiger partial charge in [0.25, 0.3) is 0 Å². The Morgan fingerprint density at radius 3 is 2.76 bits per heavy atom. The van der Waals surface area contributed by atoms with E-state index in [1.54, 1.807) is 18.4 Å². The molecule has 3 N–H and O–H groups in total. The fraction of sp³-hybridized carbons (Fsp3) is 0.444. The van der Waals surface area contributed by atoms with Gasteiger partial charge in [-0.05, 0) is 68.5 Å². The van der Waals surface area contributed by atoms with Crippen molar-refractivity contribution in [1.82, 2.24) is 25.8 Å². The predicted molar refractivity (Wildman–Crippen MR) is 158 cm³/mol. The van der Waals surface area contributed by atoms with E-state index in [1.807, 2.05) is 29.7 Å². The smallest absolute Gasteiger partial charge is 0.238 e. The summed E-state index contributed by atoms with van der Waals surface area (Å²) in [7, 11) is 1.75. The van der Waals surface area contributed by atoms with Crippen LogP contribution in [0.1, 0.15) is 43.4 Å². The minimum absolute atomic E-state index is 0.0396. The van der Waals surface area contributed by atoms with Crippen LogP contribution in [0.4, 0.5) is 0 Å². The Hall–Kier alpha value is -1.88. The molecule has 1 saturated heterocycles. The fourth-order valence-corrected chi connectivity index (χ4v) is 6.48. The van der Waals surface area contributed by atoms with Gasteiger partial charge in [0.15, 0.2) is 4.34 Å². The highest BCUT2D eigenvalue weighted by atomic mass is 35.5. The fourth-order valence-electron chi connectivity index (χ4n) is 4.51. The number of hydrogen-bond acceptors (Lipinski definition) is 7. The molecule has 1 fully saturated rings. The molecule has 0 spiro atoms. The molecule has 1 aromatic carbocycles. The van der Waals surface area contributed by atoms with Gasteiger partial charge in [0.05, 0.1) is 28.0 Å². The third-order valence-corrected chi connectivity index (χ3v) is 9.19. The van der Waals surface area contributed by atoms with Crippen LogP contribution < -0.4 is 16.0 Å². The van der Waals surface area contributed by atoms with Gasteiger partial charge in [-0.3, -0.25) is 14.5 Å². The van der Waals surface area contributed by atoms with Crippen LogP contribution in [-0.4, -0.2) is 60.2 Å². The third-order valence-electron chi connectivity index (χ3n) is 6.43. The van der Waals surface area contributed by atoms with Gasteiger partial charge in [-0.2, -0.15) is 0 Å². The Labute approximate surface area is 242 Å². The van der Waals surface area contributed by atoms with Crippen LogP contribution in [0.5, 0.6) is 0 Å². The van der Waals surface area contributed by atoms with E-state index in [9.17, 15) is 9.59 Å². The predicted octanol–water partition coefficient (Wildman–Crippen LogP) is 5.11. The third kappa shape index (κ3) is 8.83. The Balaban J connectivity index is 1.21. The second-order valence-electron chi connectivity index (χ2n) is 9.45. The van der Waals surface area contributed by atoms with Crippen LogP contribution in [0.25, 0.3) is 5.57 Å². The summed E-state index contributed by atoms with van der Waals surface area (Å²) >= 11 is 15.2. The number of carbonyl (C=O) groups excluding carboxylic acids is 2. The molecule has 1 aliphatic carbocycles. The zero-order valence-corrected chi connectivity index (χ0v) is 24.5. The molecule has 1 aromatic heterocycles. The molecule has 11 heteroatoms. The van der Waals surface area contributed by atoms with Gasteiger partial charge in [-0.25, -0.2) is 4.98 Å². The number of carbonyl (C=O) groups is 2. The topological polar surface area (TPSA) is 86.4 Å². The highest BCUT2D eigenvalue weighted by molar-refractivity contribution is 8.01. The number of thioether (sulfide) groups is 1. The number of piperidine rings is 1. The quantitative estimate of drug-likeness (QED) is 0.332. The van der Waals surface area contributed by atoms with Crippen molar-refractivity contribution < 1.29 is 9.59 Å². The van der Waals surface area contributed by atoms with Gasteiger partial charge in [0, 0.05) is 36.8 Å². The SMILES string of the molecule is CNCC(=O)NC1=CC(c2csc(SCC(=O)NC3CCN(Cc4ccc(Cl)c(Cl)c4)CC3)n2)=CCCC1. The van der Waals surface area contributed by atoms with Crippen LogP contribution in [-0.2, 0) is 16.1 Å². The van der Waals surface area contributed by atoms with Crippen LogP contribution in [0, 0.1) is 0 Å². The number of aromatic nitrogens is 1. The maximum Gasteiger partial charge on any atom is 0.238 e. The van der Waals surface area contributed by atoms with E-state index >= 15 is 0 Å². The summed E-state index contributed by atoms with van der Waals surface area (Å²) in [5, 5.41) is 12.2.